The van der Waals surface area contributed by atoms with Crippen LogP contribution in [0.25, 0.3) is 0 Å². The molecule has 0 bridgehead atoms. The predicted octanol–water partition coefficient (Wildman–Crippen LogP) is -3.74. The van der Waals surface area contributed by atoms with Crippen LogP contribution >= 0.6 is 0 Å². The molecule has 5 nitrogen and oxygen atoms in total. The van der Waals surface area contributed by atoms with E-state index in [1.807, 2.05) is 0 Å². The van der Waals surface area contributed by atoms with E-state index in [1.54, 1.807) is 0 Å². The molecule has 0 amide bonds. The third-order valence-electron chi connectivity index (χ3n) is 0.744. The van der Waals surface area contributed by atoms with Crippen LogP contribution < -0.4 is 18.9 Å². The minimum atomic E-state index is -4.29. The summed E-state index contributed by atoms with van der Waals surface area (Å²) in [6.45, 7) is 2.65. The molecule has 0 radical (unpaired) electrons. The van der Waals surface area contributed by atoms with Crippen molar-refractivity contribution in [3.8, 4) is 0 Å². The summed E-state index contributed by atoms with van der Waals surface area (Å²) in [6, 6.07) is 0. The zero-order chi connectivity index (χ0) is 8.91. The van der Waals surface area contributed by atoms with Crippen molar-refractivity contribution in [3.05, 3.63) is 12.7 Å². The van der Waals surface area contributed by atoms with Crippen LogP contribution in [0.15, 0.2) is 12.7 Å². The van der Waals surface area contributed by atoms with Crippen LogP contribution in [0.2, 0.25) is 0 Å². The van der Waals surface area contributed by atoms with Crippen LogP contribution in [-0.2, 0) is 19.6 Å². The van der Waals surface area contributed by atoms with Gasteiger partial charge >= 0.3 is 24.8 Å². The van der Waals surface area contributed by atoms with E-state index in [-0.39, 0.29) is 18.9 Å². The number of rotatable bonds is 4. The average molecular weight is 186 g/mol. The van der Waals surface area contributed by atoms with Crippen molar-refractivity contribution in [2.45, 2.75) is 0 Å². The topological polar surface area (TPSA) is 83.5 Å². The molecule has 0 N–H and O–H groups in total. The summed E-state index contributed by atoms with van der Waals surface area (Å²) in [6.07, 6.45) is 0.886. The Hall–Kier alpha value is -0.283. The van der Waals surface area contributed by atoms with Crippen molar-refractivity contribution >= 4 is 16.1 Å². The second-order valence-corrected chi connectivity index (χ2v) is 3.16. The fourth-order valence-corrected chi connectivity index (χ4v) is 0.591. The Morgan fingerprint density at radius 3 is 2.42 bits per heavy atom. The maximum Gasteiger partial charge on any atom is 1.00 e. The molecular formula is C5H7LiO5S. The van der Waals surface area contributed by atoms with Crippen LogP contribution in [0.1, 0.15) is 0 Å². The molecule has 0 aromatic carbocycles. The molecule has 0 saturated heterocycles. The molecule has 0 atom stereocenters. The summed E-state index contributed by atoms with van der Waals surface area (Å²) in [5.74, 6) is -1.44. The molecule has 12 heavy (non-hydrogen) atoms. The zero-order valence-electron chi connectivity index (χ0n) is 6.65. The molecule has 64 valence electrons. The molecule has 0 aromatic rings. The quantitative estimate of drug-likeness (QED) is 0.195. The Morgan fingerprint density at radius 2 is 2.08 bits per heavy atom. The van der Waals surface area contributed by atoms with E-state index < -0.39 is 28.4 Å². The maximum atomic E-state index is 10.3. The van der Waals surface area contributed by atoms with Gasteiger partial charge in [-0.3, -0.25) is 0 Å². The molecule has 0 rings (SSSR count). The van der Waals surface area contributed by atoms with E-state index in [2.05, 4.69) is 11.3 Å². The Kier molecular flexibility index (Phi) is 7.43. The number of carbonyl (C=O) groups is 1. The van der Waals surface area contributed by atoms with Crippen LogP contribution in [0.4, 0.5) is 0 Å². The monoisotopic (exact) mass is 186 g/mol. The smallest absolute Gasteiger partial charge is 0.748 e. The molecule has 0 aliphatic carbocycles. The van der Waals surface area contributed by atoms with Gasteiger partial charge in [-0.15, -0.1) is 0 Å². The van der Waals surface area contributed by atoms with Gasteiger partial charge < -0.3 is 9.29 Å². The van der Waals surface area contributed by atoms with Gasteiger partial charge in [-0.2, -0.15) is 0 Å². The van der Waals surface area contributed by atoms with E-state index in [1.165, 1.54) is 0 Å². The van der Waals surface area contributed by atoms with Crippen LogP contribution in [0, 0.1) is 0 Å². The molecule has 0 spiro atoms. The average Bonchev–Trinajstić information content (AvgIpc) is 1.85. The van der Waals surface area contributed by atoms with Gasteiger partial charge in [0.25, 0.3) is 0 Å². The SMILES string of the molecule is C=CC(=O)OCCS(=O)(=O)[O-].[Li+]. The Balaban J connectivity index is 0. The van der Waals surface area contributed by atoms with Crippen LogP contribution in [-0.4, -0.2) is 31.3 Å². The number of carbonyl (C=O) groups excluding carboxylic acids is 1. The van der Waals surface area contributed by atoms with Crippen LogP contribution in [0.5, 0.6) is 0 Å². The van der Waals surface area contributed by atoms with Crippen molar-refractivity contribution in [1.29, 1.82) is 0 Å². The van der Waals surface area contributed by atoms with Crippen LogP contribution in [0.3, 0.4) is 0 Å². The predicted molar refractivity (Wildman–Crippen MR) is 35.7 cm³/mol. The minimum Gasteiger partial charge on any atom is -0.748 e. The van der Waals surface area contributed by atoms with Gasteiger partial charge in [0.1, 0.15) is 6.61 Å². The first-order valence-corrected chi connectivity index (χ1v) is 4.26. The summed E-state index contributed by atoms with van der Waals surface area (Å²) in [4.78, 5) is 10.3. The van der Waals surface area contributed by atoms with Gasteiger partial charge in [0.05, 0.1) is 15.9 Å². The first-order chi connectivity index (χ1) is 4.95. The summed E-state index contributed by atoms with van der Waals surface area (Å²) < 4.78 is 34.0. The first-order valence-electron chi connectivity index (χ1n) is 2.68. The van der Waals surface area contributed by atoms with Crippen molar-refractivity contribution in [2.75, 3.05) is 12.4 Å². The summed E-state index contributed by atoms with van der Waals surface area (Å²) in [7, 11) is -4.29. The molecule has 0 heterocycles. The number of esters is 1. The fourth-order valence-electron chi connectivity index (χ4n) is 0.303. The van der Waals surface area contributed by atoms with Crippen molar-refractivity contribution < 1.29 is 41.4 Å². The number of hydrogen-bond acceptors (Lipinski definition) is 5. The molecule has 0 aliphatic rings. The molecule has 0 unspecified atom stereocenters. The molecule has 0 saturated carbocycles. The van der Waals surface area contributed by atoms with Gasteiger partial charge in [-0.1, -0.05) is 6.58 Å². The third-order valence-corrected chi connectivity index (χ3v) is 1.41. The molecule has 7 heteroatoms. The van der Waals surface area contributed by atoms with E-state index in [0.29, 0.717) is 0 Å². The maximum absolute atomic E-state index is 10.3. The Labute approximate surface area is 82.7 Å². The zero-order valence-corrected chi connectivity index (χ0v) is 7.46. The Bertz CT molecular complexity index is 245. The van der Waals surface area contributed by atoms with E-state index in [4.69, 9.17) is 0 Å². The van der Waals surface area contributed by atoms with Gasteiger partial charge in [0, 0.05) is 6.08 Å². The van der Waals surface area contributed by atoms with Gasteiger partial charge in [-0.05, 0) is 0 Å². The molecular weight excluding hydrogens is 179 g/mol. The first kappa shape index (κ1) is 14.3. The standard InChI is InChI=1S/C5H8O5S.Li/c1-2-5(6)10-3-4-11(7,8)9;/h2H,1,3-4H2,(H,7,8,9);/q;+1/p-1. The summed E-state index contributed by atoms with van der Waals surface area (Å²) >= 11 is 0. The molecule has 0 aliphatic heterocycles. The molecule has 0 fully saturated rings. The summed E-state index contributed by atoms with van der Waals surface area (Å²) in [5.41, 5.74) is 0. The third kappa shape index (κ3) is 9.72. The largest absolute Gasteiger partial charge is 1.00 e. The van der Waals surface area contributed by atoms with Gasteiger partial charge in [0.2, 0.25) is 0 Å². The van der Waals surface area contributed by atoms with Crippen molar-refractivity contribution in [2.24, 2.45) is 0 Å². The van der Waals surface area contributed by atoms with E-state index >= 15 is 0 Å². The van der Waals surface area contributed by atoms with Gasteiger partial charge in [-0.25, -0.2) is 13.2 Å². The normalized spacial score (nSPS) is 9.75. The fraction of sp³-hybridized carbons (Fsp3) is 0.400. The number of hydrogen-bond donors (Lipinski definition) is 0. The summed E-state index contributed by atoms with van der Waals surface area (Å²) in [5, 5.41) is 0. The second-order valence-electron chi connectivity index (χ2n) is 1.63. The molecule has 0 aromatic heterocycles. The van der Waals surface area contributed by atoms with Crippen molar-refractivity contribution in [1.82, 2.24) is 0 Å². The Morgan fingerprint density at radius 1 is 1.58 bits per heavy atom. The van der Waals surface area contributed by atoms with Crippen molar-refractivity contribution in [3.63, 3.8) is 0 Å². The minimum absolute atomic E-state index is 0. The van der Waals surface area contributed by atoms with E-state index in [0.717, 1.165) is 6.08 Å². The second kappa shape index (κ2) is 6.26. The van der Waals surface area contributed by atoms with Gasteiger partial charge in [0.15, 0.2) is 0 Å². The number of ether oxygens (including phenoxy) is 1. The van der Waals surface area contributed by atoms with E-state index in [9.17, 15) is 17.8 Å².